The highest BCUT2D eigenvalue weighted by Crippen LogP contribution is 2.02. The Morgan fingerprint density at radius 1 is 1.53 bits per heavy atom. The first-order chi connectivity index (χ1) is 7.25. The predicted octanol–water partition coefficient (Wildman–Crippen LogP) is -0.0400. The second-order valence-corrected chi connectivity index (χ2v) is 3.36. The van der Waals surface area contributed by atoms with E-state index in [4.69, 9.17) is 9.26 Å². The van der Waals surface area contributed by atoms with Crippen molar-refractivity contribution >= 4 is 5.91 Å². The summed E-state index contributed by atoms with van der Waals surface area (Å²) in [5.74, 6) is 0.385. The number of nitrogens with zero attached hydrogens (tertiary/aromatic N) is 2. The Morgan fingerprint density at radius 3 is 2.87 bits per heavy atom. The van der Waals surface area contributed by atoms with Gasteiger partial charge < -0.3 is 9.26 Å². The molecule has 1 amide bonds. The number of hydrogen-bond acceptors (Lipinski definition) is 5. The lowest BCUT2D eigenvalue weighted by molar-refractivity contribution is 0.0123. The first kappa shape index (κ1) is 10.1. The molecule has 0 aromatic carbocycles. The van der Waals surface area contributed by atoms with Gasteiger partial charge in [-0.2, -0.15) is 0 Å². The average molecular weight is 211 g/mol. The van der Waals surface area contributed by atoms with E-state index < -0.39 is 0 Å². The zero-order chi connectivity index (χ0) is 10.7. The Bertz CT molecular complexity index is 344. The highest BCUT2D eigenvalue weighted by molar-refractivity contribution is 5.91. The summed E-state index contributed by atoms with van der Waals surface area (Å²) in [7, 11) is 0. The molecule has 0 radical (unpaired) electrons. The third kappa shape index (κ3) is 2.54. The Hall–Kier alpha value is -1.40. The van der Waals surface area contributed by atoms with Crippen molar-refractivity contribution in [1.29, 1.82) is 0 Å². The van der Waals surface area contributed by atoms with Crippen LogP contribution in [0.1, 0.15) is 16.2 Å². The maximum Gasteiger partial charge on any atom is 0.287 e. The molecule has 6 heteroatoms. The number of morpholine rings is 1. The lowest BCUT2D eigenvalue weighted by Gasteiger charge is -2.26. The van der Waals surface area contributed by atoms with E-state index in [0.29, 0.717) is 37.8 Å². The minimum Gasteiger partial charge on any atom is -0.379 e. The molecule has 1 aliphatic rings. The number of carbonyl (C=O) groups is 1. The van der Waals surface area contributed by atoms with E-state index in [1.54, 1.807) is 13.0 Å². The molecule has 2 rings (SSSR count). The smallest absolute Gasteiger partial charge is 0.287 e. The predicted molar refractivity (Wildman–Crippen MR) is 51.1 cm³/mol. The maximum absolute atomic E-state index is 11.6. The number of amides is 1. The van der Waals surface area contributed by atoms with Crippen LogP contribution in [0.5, 0.6) is 0 Å². The average Bonchev–Trinajstić information content (AvgIpc) is 2.66. The van der Waals surface area contributed by atoms with Gasteiger partial charge in [-0.05, 0) is 6.92 Å². The quantitative estimate of drug-likeness (QED) is 0.743. The van der Waals surface area contributed by atoms with Gasteiger partial charge in [0.2, 0.25) is 0 Å². The van der Waals surface area contributed by atoms with E-state index in [2.05, 4.69) is 10.6 Å². The summed E-state index contributed by atoms with van der Waals surface area (Å²) in [6, 6.07) is 1.61. The molecule has 1 fully saturated rings. The van der Waals surface area contributed by atoms with Crippen LogP contribution in [-0.2, 0) is 4.74 Å². The van der Waals surface area contributed by atoms with E-state index in [-0.39, 0.29) is 5.91 Å². The van der Waals surface area contributed by atoms with Gasteiger partial charge in [0.25, 0.3) is 5.91 Å². The summed E-state index contributed by atoms with van der Waals surface area (Å²) in [6.45, 7) is 4.42. The number of aryl methyl sites for hydroxylation is 1. The van der Waals surface area contributed by atoms with Crippen molar-refractivity contribution in [3.8, 4) is 0 Å². The normalized spacial score (nSPS) is 17.7. The summed E-state index contributed by atoms with van der Waals surface area (Å²) in [6.07, 6.45) is 0. The van der Waals surface area contributed by atoms with E-state index in [0.717, 1.165) is 0 Å². The van der Waals surface area contributed by atoms with Crippen LogP contribution in [0.4, 0.5) is 0 Å². The van der Waals surface area contributed by atoms with Gasteiger partial charge in [0.15, 0.2) is 5.69 Å². The molecule has 1 aromatic heterocycles. The summed E-state index contributed by atoms with van der Waals surface area (Å²) >= 11 is 0. The largest absolute Gasteiger partial charge is 0.379 e. The van der Waals surface area contributed by atoms with Crippen LogP contribution in [0.2, 0.25) is 0 Å². The number of hydrazine groups is 1. The third-order valence-corrected chi connectivity index (χ3v) is 2.13. The number of ether oxygens (including phenoxy) is 1. The fourth-order valence-electron chi connectivity index (χ4n) is 1.35. The van der Waals surface area contributed by atoms with Crippen molar-refractivity contribution in [2.24, 2.45) is 0 Å². The van der Waals surface area contributed by atoms with E-state index >= 15 is 0 Å². The van der Waals surface area contributed by atoms with Crippen molar-refractivity contribution in [3.05, 3.63) is 17.5 Å². The Labute approximate surface area is 87.1 Å². The van der Waals surface area contributed by atoms with Gasteiger partial charge in [-0.15, -0.1) is 0 Å². The van der Waals surface area contributed by atoms with E-state index in [9.17, 15) is 4.79 Å². The standard InChI is InChI=1S/C9H13N3O3/c1-7-6-8(11-15-7)9(13)10-12-2-4-14-5-3-12/h6H,2-5H2,1H3,(H,10,13). The van der Waals surface area contributed by atoms with Crippen LogP contribution in [0.3, 0.4) is 0 Å². The summed E-state index contributed by atoms with van der Waals surface area (Å²) in [5, 5.41) is 5.45. The van der Waals surface area contributed by atoms with Crippen LogP contribution < -0.4 is 5.43 Å². The molecule has 0 bridgehead atoms. The van der Waals surface area contributed by atoms with Gasteiger partial charge in [0, 0.05) is 19.2 Å². The van der Waals surface area contributed by atoms with Crippen molar-refractivity contribution < 1.29 is 14.1 Å². The van der Waals surface area contributed by atoms with Crippen LogP contribution in [0.15, 0.2) is 10.6 Å². The van der Waals surface area contributed by atoms with E-state index in [1.807, 2.05) is 5.01 Å². The van der Waals surface area contributed by atoms with E-state index in [1.165, 1.54) is 0 Å². The molecule has 1 N–H and O–H groups in total. The molecule has 0 spiro atoms. The SMILES string of the molecule is Cc1cc(C(=O)NN2CCOCC2)no1. The summed E-state index contributed by atoms with van der Waals surface area (Å²) in [4.78, 5) is 11.6. The molecule has 82 valence electrons. The van der Waals surface area contributed by atoms with Gasteiger partial charge in [-0.25, -0.2) is 5.01 Å². The Balaban J connectivity index is 1.91. The number of nitrogens with one attached hydrogen (secondary N) is 1. The minimum absolute atomic E-state index is 0.242. The molecule has 15 heavy (non-hydrogen) atoms. The fourth-order valence-corrected chi connectivity index (χ4v) is 1.35. The molecular weight excluding hydrogens is 198 g/mol. The van der Waals surface area contributed by atoms with Gasteiger partial charge in [0.1, 0.15) is 5.76 Å². The zero-order valence-corrected chi connectivity index (χ0v) is 8.52. The maximum atomic E-state index is 11.6. The second-order valence-electron chi connectivity index (χ2n) is 3.36. The highest BCUT2D eigenvalue weighted by Gasteiger charge is 2.16. The third-order valence-electron chi connectivity index (χ3n) is 2.13. The molecular formula is C9H13N3O3. The molecule has 1 saturated heterocycles. The number of aromatic nitrogens is 1. The van der Waals surface area contributed by atoms with Crippen LogP contribution in [-0.4, -0.2) is 42.4 Å². The summed E-state index contributed by atoms with van der Waals surface area (Å²) < 4.78 is 9.98. The molecule has 2 heterocycles. The molecule has 0 unspecified atom stereocenters. The van der Waals surface area contributed by atoms with Gasteiger partial charge in [0.05, 0.1) is 13.2 Å². The number of hydrogen-bond donors (Lipinski definition) is 1. The van der Waals surface area contributed by atoms with Crippen molar-refractivity contribution in [1.82, 2.24) is 15.6 Å². The molecule has 1 aromatic rings. The number of carbonyl (C=O) groups excluding carboxylic acids is 1. The minimum atomic E-state index is -0.242. The highest BCUT2D eigenvalue weighted by atomic mass is 16.5. The fraction of sp³-hybridized carbons (Fsp3) is 0.556. The molecule has 0 aliphatic carbocycles. The lowest BCUT2D eigenvalue weighted by Crippen LogP contribution is -2.48. The van der Waals surface area contributed by atoms with Gasteiger partial charge in [-0.3, -0.25) is 10.2 Å². The zero-order valence-electron chi connectivity index (χ0n) is 8.52. The molecule has 1 aliphatic heterocycles. The van der Waals surface area contributed by atoms with Crippen molar-refractivity contribution in [2.75, 3.05) is 26.3 Å². The molecule has 0 saturated carbocycles. The van der Waals surface area contributed by atoms with Crippen LogP contribution in [0, 0.1) is 6.92 Å². The van der Waals surface area contributed by atoms with Crippen molar-refractivity contribution in [2.45, 2.75) is 6.92 Å². The first-order valence-electron chi connectivity index (χ1n) is 4.83. The Morgan fingerprint density at radius 2 is 2.27 bits per heavy atom. The molecule has 6 nitrogen and oxygen atoms in total. The van der Waals surface area contributed by atoms with Crippen LogP contribution in [0.25, 0.3) is 0 Å². The second kappa shape index (κ2) is 4.41. The summed E-state index contributed by atoms with van der Waals surface area (Å²) in [5.41, 5.74) is 3.04. The topological polar surface area (TPSA) is 67.6 Å². The Kier molecular flexibility index (Phi) is 2.98. The van der Waals surface area contributed by atoms with Gasteiger partial charge >= 0.3 is 0 Å². The number of rotatable bonds is 2. The monoisotopic (exact) mass is 211 g/mol. The van der Waals surface area contributed by atoms with Crippen LogP contribution >= 0.6 is 0 Å². The first-order valence-corrected chi connectivity index (χ1v) is 4.83. The van der Waals surface area contributed by atoms with Gasteiger partial charge in [-0.1, -0.05) is 5.16 Å². The van der Waals surface area contributed by atoms with Crippen molar-refractivity contribution in [3.63, 3.8) is 0 Å². The molecule has 0 atom stereocenters. The lowest BCUT2D eigenvalue weighted by atomic mass is 10.4.